The Kier molecular flexibility index (Phi) is 1.55. The van der Waals surface area contributed by atoms with Crippen LogP contribution in [0.4, 0.5) is 5.82 Å². The van der Waals surface area contributed by atoms with Crippen LogP contribution in [0.3, 0.4) is 0 Å². The van der Waals surface area contributed by atoms with Crippen LogP contribution in [0.25, 0.3) is 10.9 Å². The van der Waals surface area contributed by atoms with E-state index in [0.717, 1.165) is 5.39 Å². The summed E-state index contributed by atoms with van der Waals surface area (Å²) in [5.41, 5.74) is 6.29. The summed E-state index contributed by atoms with van der Waals surface area (Å²) in [5, 5.41) is 1.13. The molecule has 0 aliphatic rings. The molecule has 0 aliphatic heterocycles. The molecule has 2 heterocycles. The summed E-state index contributed by atoms with van der Waals surface area (Å²) in [4.78, 5) is 11.7. The molecule has 4 nitrogen and oxygen atoms in total. The van der Waals surface area contributed by atoms with Crippen LogP contribution < -0.4 is 5.73 Å². The third kappa shape index (κ3) is 1.06. The van der Waals surface area contributed by atoms with Crippen LogP contribution in [0.15, 0.2) is 18.6 Å². The fourth-order valence-electron chi connectivity index (χ4n) is 0.954. The van der Waals surface area contributed by atoms with Crippen molar-refractivity contribution in [1.29, 1.82) is 0 Å². The van der Waals surface area contributed by atoms with E-state index in [4.69, 9.17) is 17.3 Å². The van der Waals surface area contributed by atoms with Crippen LogP contribution >= 0.6 is 11.6 Å². The Hall–Kier alpha value is -1.42. The summed E-state index contributed by atoms with van der Waals surface area (Å²) in [7, 11) is 0. The first kappa shape index (κ1) is 7.24. The van der Waals surface area contributed by atoms with Crippen molar-refractivity contribution < 1.29 is 0 Å². The van der Waals surface area contributed by atoms with Crippen molar-refractivity contribution in [1.82, 2.24) is 15.0 Å². The van der Waals surface area contributed by atoms with Crippen molar-refractivity contribution in [3.63, 3.8) is 0 Å². The van der Waals surface area contributed by atoms with Crippen molar-refractivity contribution >= 4 is 28.3 Å². The zero-order valence-corrected chi connectivity index (χ0v) is 6.78. The number of nitrogens with two attached hydrogens (primary N) is 1. The highest BCUT2D eigenvalue weighted by molar-refractivity contribution is 6.30. The largest absolute Gasteiger partial charge is 0.383 e. The maximum absolute atomic E-state index is 5.67. The van der Waals surface area contributed by atoms with Crippen LogP contribution in [0.1, 0.15) is 0 Å². The molecule has 0 aromatic carbocycles. The van der Waals surface area contributed by atoms with Crippen molar-refractivity contribution in [2.75, 3.05) is 5.73 Å². The Balaban J connectivity index is 2.88. The van der Waals surface area contributed by atoms with Gasteiger partial charge in [0.05, 0.1) is 11.7 Å². The molecule has 2 rings (SSSR count). The van der Waals surface area contributed by atoms with Gasteiger partial charge in [0.25, 0.3) is 0 Å². The lowest BCUT2D eigenvalue weighted by atomic mass is 10.3. The van der Waals surface area contributed by atoms with Crippen molar-refractivity contribution in [3.8, 4) is 0 Å². The van der Waals surface area contributed by atoms with Crippen molar-refractivity contribution in [2.24, 2.45) is 0 Å². The molecular formula is C7H5ClN4. The zero-order valence-electron chi connectivity index (χ0n) is 6.03. The minimum absolute atomic E-state index is 0.393. The second-order valence-corrected chi connectivity index (χ2v) is 2.67. The second kappa shape index (κ2) is 2.57. The molecule has 0 unspecified atom stereocenters. The summed E-state index contributed by atoms with van der Waals surface area (Å²) in [6.07, 6.45) is 2.96. The van der Waals surface area contributed by atoms with Crippen LogP contribution in [0.2, 0.25) is 5.15 Å². The molecule has 0 spiro atoms. The molecule has 60 valence electrons. The molecule has 0 saturated heterocycles. The lowest BCUT2D eigenvalue weighted by Gasteiger charge is -1.98. The van der Waals surface area contributed by atoms with Gasteiger partial charge in [-0.1, -0.05) is 11.6 Å². The van der Waals surface area contributed by atoms with Gasteiger partial charge in [0.2, 0.25) is 0 Å². The number of nitrogens with zero attached hydrogens (tertiary/aromatic N) is 3. The zero-order chi connectivity index (χ0) is 8.55. The summed E-state index contributed by atoms with van der Waals surface area (Å²) >= 11 is 5.67. The Morgan fingerprint density at radius 2 is 2.08 bits per heavy atom. The van der Waals surface area contributed by atoms with Gasteiger partial charge < -0.3 is 5.73 Å². The van der Waals surface area contributed by atoms with Gasteiger partial charge in [-0.15, -0.1) is 0 Å². The van der Waals surface area contributed by atoms with E-state index in [2.05, 4.69) is 15.0 Å². The molecule has 0 atom stereocenters. The number of hydrogen-bond donors (Lipinski definition) is 1. The van der Waals surface area contributed by atoms with Crippen LogP contribution in [0, 0.1) is 0 Å². The average Bonchev–Trinajstić information content (AvgIpc) is 2.07. The average molecular weight is 181 g/mol. The molecule has 0 fully saturated rings. The van der Waals surface area contributed by atoms with E-state index in [1.54, 1.807) is 12.3 Å². The first-order valence-corrected chi connectivity index (χ1v) is 3.67. The monoisotopic (exact) mass is 180 g/mol. The van der Waals surface area contributed by atoms with Gasteiger partial charge in [-0.25, -0.2) is 15.0 Å². The van der Waals surface area contributed by atoms with E-state index in [-0.39, 0.29) is 0 Å². The number of nitrogen functional groups attached to an aromatic ring is 1. The number of hydrogen-bond acceptors (Lipinski definition) is 4. The standard InChI is InChI=1S/C7H5ClN4/c8-6-1-4-5(2-10-6)11-3-12-7(4)9/h1-3H,(H2,9,11,12). The molecule has 0 aliphatic carbocycles. The van der Waals surface area contributed by atoms with E-state index < -0.39 is 0 Å². The minimum atomic E-state index is 0.393. The van der Waals surface area contributed by atoms with Gasteiger partial charge in [0, 0.05) is 5.39 Å². The lowest BCUT2D eigenvalue weighted by Crippen LogP contribution is -1.93. The van der Waals surface area contributed by atoms with Gasteiger partial charge in [-0.2, -0.15) is 0 Å². The fourth-order valence-corrected chi connectivity index (χ4v) is 1.11. The summed E-state index contributed by atoms with van der Waals surface area (Å²) in [5.74, 6) is 0.421. The Morgan fingerprint density at radius 1 is 1.25 bits per heavy atom. The summed E-state index contributed by atoms with van der Waals surface area (Å²) in [6, 6.07) is 1.65. The Labute approximate surface area is 73.4 Å². The highest BCUT2D eigenvalue weighted by Crippen LogP contribution is 2.18. The van der Waals surface area contributed by atoms with E-state index in [9.17, 15) is 0 Å². The predicted octanol–water partition coefficient (Wildman–Crippen LogP) is 1.26. The normalized spacial score (nSPS) is 10.4. The molecule has 2 aromatic heterocycles. The Morgan fingerprint density at radius 3 is 2.92 bits per heavy atom. The maximum Gasteiger partial charge on any atom is 0.134 e. The fraction of sp³-hybridized carbons (Fsp3) is 0. The van der Waals surface area contributed by atoms with Crippen molar-refractivity contribution in [3.05, 3.63) is 23.7 Å². The summed E-state index contributed by atoms with van der Waals surface area (Å²) in [6.45, 7) is 0. The molecule has 0 radical (unpaired) electrons. The number of halogens is 1. The molecule has 12 heavy (non-hydrogen) atoms. The third-order valence-corrected chi connectivity index (χ3v) is 1.73. The number of aromatic nitrogens is 3. The van der Waals surface area contributed by atoms with E-state index in [0.29, 0.717) is 16.5 Å². The lowest BCUT2D eigenvalue weighted by molar-refractivity contribution is 1.21. The highest BCUT2D eigenvalue weighted by atomic mass is 35.5. The molecule has 2 N–H and O–H groups in total. The first-order chi connectivity index (χ1) is 5.77. The van der Waals surface area contributed by atoms with Gasteiger partial charge >= 0.3 is 0 Å². The number of anilines is 1. The SMILES string of the molecule is Nc1ncnc2cnc(Cl)cc12. The predicted molar refractivity (Wildman–Crippen MR) is 46.8 cm³/mol. The quantitative estimate of drug-likeness (QED) is 0.620. The van der Waals surface area contributed by atoms with Crippen LogP contribution in [-0.4, -0.2) is 15.0 Å². The minimum Gasteiger partial charge on any atom is -0.383 e. The Bertz CT molecular complexity index is 429. The molecule has 0 saturated carbocycles. The van der Waals surface area contributed by atoms with Gasteiger partial charge in [0.1, 0.15) is 17.3 Å². The number of pyridine rings is 1. The van der Waals surface area contributed by atoms with E-state index >= 15 is 0 Å². The summed E-state index contributed by atoms with van der Waals surface area (Å²) < 4.78 is 0. The third-order valence-electron chi connectivity index (χ3n) is 1.52. The molecular weight excluding hydrogens is 176 g/mol. The topological polar surface area (TPSA) is 64.7 Å². The van der Waals surface area contributed by atoms with Gasteiger partial charge in [-0.3, -0.25) is 0 Å². The van der Waals surface area contributed by atoms with Crippen molar-refractivity contribution in [2.45, 2.75) is 0 Å². The number of fused-ring (bicyclic) bond motifs is 1. The first-order valence-electron chi connectivity index (χ1n) is 3.29. The van der Waals surface area contributed by atoms with E-state index in [1.807, 2.05) is 0 Å². The molecule has 2 aromatic rings. The molecule has 0 bridgehead atoms. The van der Waals surface area contributed by atoms with Gasteiger partial charge in [-0.05, 0) is 6.07 Å². The molecule has 0 amide bonds. The maximum atomic E-state index is 5.67. The smallest absolute Gasteiger partial charge is 0.134 e. The number of rotatable bonds is 0. The van der Waals surface area contributed by atoms with Crippen LogP contribution in [-0.2, 0) is 0 Å². The van der Waals surface area contributed by atoms with E-state index in [1.165, 1.54) is 6.33 Å². The molecule has 5 heteroatoms. The van der Waals surface area contributed by atoms with Crippen LogP contribution in [0.5, 0.6) is 0 Å². The second-order valence-electron chi connectivity index (χ2n) is 2.28. The highest BCUT2D eigenvalue weighted by Gasteiger charge is 2.00. The van der Waals surface area contributed by atoms with Gasteiger partial charge in [0.15, 0.2) is 0 Å².